The number of nitrogens with one attached hydrogen (secondary N) is 1. The average molecular weight is 772 g/mol. The van der Waals surface area contributed by atoms with Crippen molar-refractivity contribution in [1.82, 2.24) is 5.32 Å². The molecule has 0 radical (unpaired) electrons. The monoisotopic (exact) mass is 772 g/mol. The van der Waals surface area contributed by atoms with Crippen LogP contribution in [0.2, 0.25) is 0 Å². The zero-order chi connectivity index (χ0) is 39.1. The first-order chi connectivity index (χ1) is 26.7. The molecular formula is C49H73NO2S2. The van der Waals surface area contributed by atoms with Gasteiger partial charge in [0.05, 0.1) is 0 Å². The first kappa shape index (κ1) is 50.7. The van der Waals surface area contributed by atoms with Gasteiger partial charge < -0.3 is 5.32 Å². The molecule has 0 saturated heterocycles. The summed E-state index contributed by atoms with van der Waals surface area (Å²) in [4.78, 5) is 24.2. The Labute approximate surface area is 340 Å². The van der Waals surface area contributed by atoms with E-state index in [4.69, 9.17) is 0 Å². The largest absolute Gasteiger partial charge is 0.355 e. The molecule has 0 atom stereocenters. The molecule has 0 heterocycles. The summed E-state index contributed by atoms with van der Waals surface area (Å²) < 4.78 is 0. The molecule has 0 aromatic carbocycles. The van der Waals surface area contributed by atoms with Crippen molar-refractivity contribution in [3.63, 3.8) is 0 Å². The summed E-state index contributed by atoms with van der Waals surface area (Å²) >= 11 is 0. The molecule has 1 amide bonds. The summed E-state index contributed by atoms with van der Waals surface area (Å²) in [5.74, 6) is 2.30. The van der Waals surface area contributed by atoms with Crippen molar-refractivity contribution in [3.8, 4) is 0 Å². The molecule has 0 unspecified atom stereocenters. The number of allylic oxidation sites excluding steroid dienone is 24. The van der Waals surface area contributed by atoms with Gasteiger partial charge in [-0.1, -0.05) is 181 Å². The Morgan fingerprint density at radius 2 is 0.704 bits per heavy atom. The molecule has 0 aliphatic rings. The van der Waals surface area contributed by atoms with Crippen molar-refractivity contribution in [2.24, 2.45) is 0 Å². The van der Waals surface area contributed by atoms with E-state index >= 15 is 0 Å². The van der Waals surface area contributed by atoms with Crippen LogP contribution in [0.1, 0.15) is 129 Å². The zero-order valence-electron chi connectivity index (χ0n) is 33.8. The molecule has 0 aliphatic heterocycles. The van der Waals surface area contributed by atoms with Crippen LogP contribution in [0.4, 0.5) is 0 Å². The van der Waals surface area contributed by atoms with Crippen LogP contribution in [0.3, 0.4) is 0 Å². The highest BCUT2D eigenvalue weighted by Crippen LogP contribution is 2.22. The van der Waals surface area contributed by atoms with E-state index in [1.165, 1.54) is 0 Å². The highest BCUT2D eigenvalue weighted by Gasteiger charge is 2.02. The van der Waals surface area contributed by atoms with Crippen LogP contribution >= 0.6 is 21.6 Å². The summed E-state index contributed by atoms with van der Waals surface area (Å²) in [5, 5.41) is 3.01. The minimum atomic E-state index is 0.109. The minimum absolute atomic E-state index is 0.109. The lowest BCUT2D eigenvalue weighted by Crippen LogP contribution is -2.25. The lowest BCUT2D eigenvalue weighted by Gasteiger charge is -2.04. The van der Waals surface area contributed by atoms with Crippen LogP contribution < -0.4 is 5.32 Å². The number of carbonyl (C=O) groups is 2. The summed E-state index contributed by atoms with van der Waals surface area (Å²) in [5.41, 5.74) is 0. The van der Waals surface area contributed by atoms with Gasteiger partial charge in [0.2, 0.25) is 5.91 Å². The van der Waals surface area contributed by atoms with Crippen LogP contribution in [0, 0.1) is 0 Å². The van der Waals surface area contributed by atoms with Gasteiger partial charge >= 0.3 is 0 Å². The molecule has 0 aliphatic carbocycles. The molecule has 3 nitrogen and oxygen atoms in total. The lowest BCUT2D eigenvalue weighted by atomic mass is 10.1. The van der Waals surface area contributed by atoms with Crippen LogP contribution in [0.15, 0.2) is 146 Å². The number of carbonyl (C=O) groups excluding carboxylic acids is 2. The molecule has 0 bridgehead atoms. The molecule has 0 fully saturated rings. The fraction of sp³-hybridized carbons (Fsp3) is 0.469. The predicted molar refractivity (Wildman–Crippen MR) is 247 cm³/mol. The Balaban J connectivity index is 3.58. The second-order valence-electron chi connectivity index (χ2n) is 12.5. The summed E-state index contributed by atoms with van der Waals surface area (Å²) in [6.07, 6.45) is 68.9. The zero-order valence-corrected chi connectivity index (χ0v) is 35.5. The summed E-state index contributed by atoms with van der Waals surface area (Å²) in [6, 6.07) is 0. The molecule has 0 spiro atoms. The molecule has 5 heteroatoms. The smallest absolute Gasteiger partial charge is 0.220 e. The minimum Gasteiger partial charge on any atom is -0.355 e. The number of hydrogen-bond acceptors (Lipinski definition) is 4. The Morgan fingerprint density at radius 3 is 1.07 bits per heavy atom. The van der Waals surface area contributed by atoms with E-state index in [1.807, 2.05) is 0 Å². The van der Waals surface area contributed by atoms with Crippen LogP contribution in [-0.4, -0.2) is 29.7 Å². The van der Waals surface area contributed by atoms with Crippen molar-refractivity contribution >= 4 is 33.3 Å². The van der Waals surface area contributed by atoms with Crippen molar-refractivity contribution in [2.75, 3.05) is 18.1 Å². The van der Waals surface area contributed by atoms with Gasteiger partial charge in [0.1, 0.15) is 5.78 Å². The van der Waals surface area contributed by atoms with Crippen LogP contribution in [0.25, 0.3) is 0 Å². The van der Waals surface area contributed by atoms with E-state index in [9.17, 15) is 9.59 Å². The van der Waals surface area contributed by atoms with Crippen molar-refractivity contribution < 1.29 is 9.59 Å². The van der Waals surface area contributed by atoms with E-state index < -0.39 is 0 Å². The number of Topliss-reactive ketones (excluding diaryl/α,β-unsaturated/α-hetero) is 1. The molecule has 0 aromatic rings. The van der Waals surface area contributed by atoms with Gasteiger partial charge in [0.15, 0.2) is 0 Å². The number of hydrogen-bond donors (Lipinski definition) is 1. The van der Waals surface area contributed by atoms with Gasteiger partial charge in [-0.05, 0) is 96.3 Å². The second kappa shape index (κ2) is 45.9. The molecule has 298 valence electrons. The first-order valence-corrected chi connectivity index (χ1v) is 23.0. The Kier molecular flexibility index (Phi) is 43.1. The topological polar surface area (TPSA) is 46.2 Å². The number of amides is 1. The predicted octanol–water partition coefficient (Wildman–Crippen LogP) is 14.8. The Morgan fingerprint density at radius 1 is 0.389 bits per heavy atom. The van der Waals surface area contributed by atoms with Gasteiger partial charge in [0.25, 0.3) is 0 Å². The van der Waals surface area contributed by atoms with Gasteiger partial charge in [-0.3, -0.25) is 9.59 Å². The Bertz CT molecular complexity index is 1140. The third kappa shape index (κ3) is 44.9. The van der Waals surface area contributed by atoms with E-state index in [-0.39, 0.29) is 5.91 Å². The molecule has 0 aromatic heterocycles. The second-order valence-corrected chi connectivity index (χ2v) is 15.2. The lowest BCUT2D eigenvalue weighted by molar-refractivity contribution is -0.121. The average Bonchev–Trinajstić information content (AvgIpc) is 3.17. The van der Waals surface area contributed by atoms with Gasteiger partial charge in [0, 0.05) is 37.3 Å². The third-order valence-corrected chi connectivity index (χ3v) is 10.1. The van der Waals surface area contributed by atoms with Gasteiger partial charge in [-0.25, -0.2) is 0 Å². The van der Waals surface area contributed by atoms with E-state index in [1.54, 1.807) is 21.6 Å². The summed E-state index contributed by atoms with van der Waals surface area (Å²) in [7, 11) is 3.56. The highest BCUT2D eigenvalue weighted by molar-refractivity contribution is 8.76. The molecular weight excluding hydrogens is 699 g/mol. The van der Waals surface area contributed by atoms with Gasteiger partial charge in [-0.2, -0.15) is 0 Å². The quantitative estimate of drug-likeness (QED) is 0.0391. The molecule has 0 saturated carbocycles. The maximum atomic E-state index is 12.2. The van der Waals surface area contributed by atoms with E-state index in [2.05, 4.69) is 165 Å². The van der Waals surface area contributed by atoms with Crippen LogP contribution in [-0.2, 0) is 9.59 Å². The number of ketones is 1. The Hall–Kier alpha value is -3.28. The standard InChI is InChI=1S/C49H73NO2S2/c1-3-5-7-9-11-13-15-17-19-21-23-25-27-29-31-33-35-37-39-42-48(51)43-41-46-53-54-47-45-50-49(52)44-40-38-36-34-32-30-28-26-24-22-20-18-16-14-12-10-8-6-4-2/h5-8,11-14,17-20,23-26,29-32,35-38H,3-4,9-10,15-16,21-22,27-28,33-34,39-47H2,1-2H3,(H,50,52)/b7-5-,8-6-,13-11-,14-12-,19-17-,20-18-,25-23-,26-24-,31-29-,32-30-,37-35-,38-36-. The number of rotatable bonds is 36. The maximum Gasteiger partial charge on any atom is 0.220 e. The van der Waals surface area contributed by atoms with Crippen molar-refractivity contribution in [3.05, 3.63) is 146 Å². The maximum absolute atomic E-state index is 12.2. The van der Waals surface area contributed by atoms with Gasteiger partial charge in [-0.15, -0.1) is 0 Å². The van der Waals surface area contributed by atoms with E-state index in [0.717, 1.165) is 108 Å². The van der Waals surface area contributed by atoms with Crippen LogP contribution in [0.5, 0.6) is 0 Å². The van der Waals surface area contributed by atoms with E-state index in [0.29, 0.717) is 31.6 Å². The fourth-order valence-corrected chi connectivity index (χ4v) is 6.62. The first-order valence-electron chi connectivity index (χ1n) is 20.5. The fourth-order valence-electron chi connectivity index (χ4n) is 4.63. The van der Waals surface area contributed by atoms with Crippen molar-refractivity contribution in [1.29, 1.82) is 0 Å². The third-order valence-electron chi connectivity index (χ3n) is 7.60. The molecule has 0 rings (SSSR count). The molecule has 1 N–H and O–H groups in total. The SMILES string of the molecule is CC/C=C\C/C=C\C/C=C\C/C=C\C/C=C\C/C=C\CCC(=O)CCCSSCCNC(=O)CC/C=C\C/C=C\C/C=C\C/C=C\C/C=C\C/C=C\CC. The highest BCUT2D eigenvalue weighted by atomic mass is 33.1. The normalized spacial score (nSPS) is 13.2. The molecule has 54 heavy (non-hydrogen) atoms. The summed E-state index contributed by atoms with van der Waals surface area (Å²) in [6.45, 7) is 5.00. The van der Waals surface area contributed by atoms with Crippen molar-refractivity contribution in [2.45, 2.75) is 129 Å².